The Hall–Kier alpha value is -1.39. The lowest BCUT2D eigenvalue weighted by Crippen LogP contribution is -2.22. The van der Waals surface area contributed by atoms with Gasteiger partial charge in [-0.15, -0.1) is 11.3 Å². The fourth-order valence-electron chi connectivity index (χ4n) is 2.20. The fourth-order valence-corrected chi connectivity index (χ4v) is 3.28. The number of ether oxygens (including phenoxy) is 1. The largest absolute Gasteiger partial charge is 0.491 e. The van der Waals surface area contributed by atoms with Crippen LogP contribution in [0.25, 0.3) is 10.6 Å². The van der Waals surface area contributed by atoms with Crippen LogP contribution in [0.3, 0.4) is 0 Å². The van der Waals surface area contributed by atoms with E-state index >= 15 is 0 Å². The summed E-state index contributed by atoms with van der Waals surface area (Å²) in [7, 11) is 0. The molecule has 1 aliphatic rings. The summed E-state index contributed by atoms with van der Waals surface area (Å²) in [5, 5.41) is 4.50. The van der Waals surface area contributed by atoms with Crippen LogP contribution in [0.4, 0.5) is 0 Å². The molecule has 4 heteroatoms. The van der Waals surface area contributed by atoms with Gasteiger partial charge in [-0.05, 0) is 38.1 Å². The Morgan fingerprint density at radius 2 is 2.05 bits per heavy atom. The lowest BCUT2D eigenvalue weighted by molar-refractivity contribution is 0.242. The molecule has 3 rings (SSSR count). The third kappa shape index (κ3) is 2.80. The first kappa shape index (κ1) is 12.6. The van der Waals surface area contributed by atoms with E-state index in [-0.39, 0.29) is 6.10 Å². The van der Waals surface area contributed by atoms with E-state index in [1.54, 1.807) is 11.3 Å². The minimum atomic E-state index is 0.212. The summed E-state index contributed by atoms with van der Waals surface area (Å²) in [6.07, 6.45) is 1.25. The highest BCUT2D eigenvalue weighted by Crippen LogP contribution is 2.30. The van der Waals surface area contributed by atoms with Crippen molar-refractivity contribution in [3.63, 3.8) is 0 Å². The lowest BCUT2D eigenvalue weighted by atomic mass is 10.2. The third-order valence-electron chi connectivity index (χ3n) is 3.08. The second-order valence-electron chi connectivity index (χ2n) is 5.01. The van der Waals surface area contributed by atoms with Crippen LogP contribution in [0.5, 0.6) is 5.75 Å². The number of aromatic nitrogens is 1. The van der Waals surface area contributed by atoms with Gasteiger partial charge in [0.05, 0.1) is 11.8 Å². The third-order valence-corrected chi connectivity index (χ3v) is 4.22. The molecule has 100 valence electrons. The lowest BCUT2D eigenvalue weighted by Gasteiger charge is -2.09. The Bertz CT molecular complexity index is 537. The number of nitrogens with zero attached hydrogens (tertiary/aromatic N) is 1. The number of thiazole rings is 1. The summed E-state index contributed by atoms with van der Waals surface area (Å²) < 4.78 is 5.66. The average molecular weight is 274 g/mol. The topological polar surface area (TPSA) is 34.1 Å². The van der Waals surface area contributed by atoms with E-state index in [0.29, 0.717) is 0 Å². The Kier molecular flexibility index (Phi) is 3.53. The van der Waals surface area contributed by atoms with Gasteiger partial charge in [-0.3, -0.25) is 0 Å². The number of hydrogen-bond acceptors (Lipinski definition) is 4. The van der Waals surface area contributed by atoms with E-state index in [0.717, 1.165) is 30.3 Å². The number of nitrogens with one attached hydrogen (secondary N) is 1. The van der Waals surface area contributed by atoms with E-state index in [1.165, 1.54) is 16.1 Å². The molecule has 0 fully saturated rings. The highest BCUT2D eigenvalue weighted by molar-refractivity contribution is 7.15. The first-order chi connectivity index (χ1) is 9.22. The average Bonchev–Trinajstić information content (AvgIpc) is 2.82. The molecule has 0 bridgehead atoms. The van der Waals surface area contributed by atoms with Gasteiger partial charge in [0.15, 0.2) is 0 Å². The van der Waals surface area contributed by atoms with Crippen molar-refractivity contribution < 1.29 is 4.74 Å². The van der Waals surface area contributed by atoms with Gasteiger partial charge < -0.3 is 10.1 Å². The van der Waals surface area contributed by atoms with Gasteiger partial charge in [0.25, 0.3) is 0 Å². The van der Waals surface area contributed by atoms with E-state index < -0.39 is 0 Å². The molecule has 19 heavy (non-hydrogen) atoms. The van der Waals surface area contributed by atoms with Gasteiger partial charge in [0.2, 0.25) is 0 Å². The zero-order chi connectivity index (χ0) is 13.2. The predicted octanol–water partition coefficient (Wildman–Crippen LogP) is 3.24. The first-order valence-corrected chi connectivity index (χ1v) is 7.50. The summed E-state index contributed by atoms with van der Waals surface area (Å²) in [6, 6.07) is 8.23. The van der Waals surface area contributed by atoms with Gasteiger partial charge in [-0.25, -0.2) is 4.98 Å². The fraction of sp³-hybridized carbons (Fsp3) is 0.400. The van der Waals surface area contributed by atoms with E-state index in [2.05, 4.69) is 17.4 Å². The summed E-state index contributed by atoms with van der Waals surface area (Å²) in [5.41, 5.74) is 2.44. The van der Waals surface area contributed by atoms with Crippen LogP contribution < -0.4 is 10.1 Å². The van der Waals surface area contributed by atoms with Crippen LogP contribution >= 0.6 is 11.3 Å². The maximum absolute atomic E-state index is 5.66. The quantitative estimate of drug-likeness (QED) is 0.933. The summed E-state index contributed by atoms with van der Waals surface area (Å²) >= 11 is 1.79. The molecule has 1 N–H and O–H groups in total. The molecule has 0 amide bonds. The van der Waals surface area contributed by atoms with E-state index in [9.17, 15) is 0 Å². The van der Waals surface area contributed by atoms with Crippen LogP contribution in [-0.2, 0) is 13.0 Å². The molecule has 2 heterocycles. The molecule has 0 saturated carbocycles. The van der Waals surface area contributed by atoms with Crippen LogP contribution in [0.2, 0.25) is 0 Å². The SMILES string of the molecule is CC(C)Oc1ccc(-c2nc3c(s2)CNCC3)cc1. The monoisotopic (exact) mass is 274 g/mol. The minimum Gasteiger partial charge on any atom is -0.491 e. The molecule has 0 radical (unpaired) electrons. The normalized spacial score (nSPS) is 14.5. The standard InChI is InChI=1S/C15H18N2OS/c1-10(2)18-12-5-3-11(4-6-12)15-17-13-7-8-16-9-14(13)19-15/h3-6,10,16H,7-9H2,1-2H3. The van der Waals surface area contributed by atoms with Crippen LogP contribution in [-0.4, -0.2) is 17.6 Å². The molecule has 0 aliphatic carbocycles. The van der Waals surface area contributed by atoms with Crippen molar-refractivity contribution in [3.05, 3.63) is 34.8 Å². The molecule has 1 aliphatic heterocycles. The second-order valence-corrected chi connectivity index (χ2v) is 6.09. The highest BCUT2D eigenvalue weighted by atomic mass is 32.1. The van der Waals surface area contributed by atoms with Gasteiger partial charge in [0.1, 0.15) is 10.8 Å². The highest BCUT2D eigenvalue weighted by Gasteiger charge is 2.15. The first-order valence-electron chi connectivity index (χ1n) is 6.69. The molecular formula is C15H18N2OS. The van der Waals surface area contributed by atoms with E-state index in [1.807, 2.05) is 26.0 Å². The van der Waals surface area contributed by atoms with Gasteiger partial charge >= 0.3 is 0 Å². The van der Waals surface area contributed by atoms with Crippen LogP contribution in [0.1, 0.15) is 24.4 Å². The number of benzene rings is 1. The molecule has 0 unspecified atom stereocenters. The van der Waals surface area contributed by atoms with Gasteiger partial charge in [-0.1, -0.05) is 0 Å². The van der Waals surface area contributed by atoms with Crippen molar-refractivity contribution in [2.75, 3.05) is 6.54 Å². The molecule has 0 atom stereocenters. The Morgan fingerprint density at radius 1 is 1.26 bits per heavy atom. The van der Waals surface area contributed by atoms with Crippen LogP contribution in [0.15, 0.2) is 24.3 Å². The molecule has 1 aromatic heterocycles. The Balaban J connectivity index is 1.83. The zero-order valence-corrected chi connectivity index (χ0v) is 12.1. The number of fused-ring (bicyclic) bond motifs is 1. The Morgan fingerprint density at radius 3 is 2.74 bits per heavy atom. The van der Waals surface area contributed by atoms with Gasteiger partial charge in [0, 0.05) is 30.0 Å². The van der Waals surface area contributed by atoms with Gasteiger partial charge in [-0.2, -0.15) is 0 Å². The van der Waals surface area contributed by atoms with Crippen molar-refractivity contribution in [1.82, 2.24) is 10.3 Å². The van der Waals surface area contributed by atoms with Crippen molar-refractivity contribution in [2.45, 2.75) is 32.9 Å². The van der Waals surface area contributed by atoms with Crippen molar-refractivity contribution in [3.8, 4) is 16.3 Å². The van der Waals surface area contributed by atoms with Crippen molar-refractivity contribution in [1.29, 1.82) is 0 Å². The van der Waals surface area contributed by atoms with Crippen LogP contribution in [0, 0.1) is 0 Å². The summed E-state index contributed by atoms with van der Waals surface area (Å²) in [6.45, 7) is 6.07. The smallest absolute Gasteiger partial charge is 0.123 e. The molecular weight excluding hydrogens is 256 g/mol. The summed E-state index contributed by atoms with van der Waals surface area (Å²) in [5.74, 6) is 0.918. The minimum absolute atomic E-state index is 0.212. The number of hydrogen-bond donors (Lipinski definition) is 1. The molecule has 0 spiro atoms. The molecule has 2 aromatic rings. The zero-order valence-electron chi connectivity index (χ0n) is 11.3. The maximum atomic E-state index is 5.66. The second kappa shape index (κ2) is 5.31. The van der Waals surface area contributed by atoms with Crippen molar-refractivity contribution in [2.24, 2.45) is 0 Å². The predicted molar refractivity (Wildman–Crippen MR) is 78.7 cm³/mol. The molecule has 1 aromatic carbocycles. The molecule has 0 saturated heterocycles. The van der Waals surface area contributed by atoms with E-state index in [4.69, 9.17) is 9.72 Å². The Labute approximate surface area is 117 Å². The summed E-state index contributed by atoms with van der Waals surface area (Å²) in [4.78, 5) is 6.13. The van der Waals surface area contributed by atoms with Crippen molar-refractivity contribution >= 4 is 11.3 Å². The number of rotatable bonds is 3. The molecule has 3 nitrogen and oxygen atoms in total. The maximum Gasteiger partial charge on any atom is 0.123 e.